The van der Waals surface area contributed by atoms with Crippen molar-refractivity contribution in [3.05, 3.63) is 96.6 Å². The van der Waals surface area contributed by atoms with Crippen LogP contribution in [0.4, 0.5) is 0 Å². The summed E-state index contributed by atoms with van der Waals surface area (Å²) in [5, 5.41) is 1.82. The maximum atomic E-state index is 14.1. The monoisotopic (exact) mass is 349 g/mol. The maximum Gasteiger partial charge on any atom is 0.156 e. The minimum absolute atomic E-state index is 0.196. The topological polar surface area (TPSA) is 20.3 Å². The molecule has 0 aliphatic carbocycles. The summed E-state index contributed by atoms with van der Waals surface area (Å²) in [7, 11) is -0.677. The van der Waals surface area contributed by atoms with E-state index in [1.54, 1.807) is 0 Å². The van der Waals surface area contributed by atoms with Crippen LogP contribution in [-0.4, -0.2) is 18.2 Å². The molecule has 1 atom stereocenters. The van der Waals surface area contributed by atoms with E-state index < -0.39 is 7.14 Å². The minimum Gasteiger partial charge on any atom is -0.312 e. The summed E-state index contributed by atoms with van der Waals surface area (Å²) in [6.45, 7) is 2.16. The molecule has 0 aliphatic heterocycles. The molecule has 0 saturated carbocycles. The van der Waals surface area contributed by atoms with Crippen molar-refractivity contribution in [2.75, 3.05) is 13.3 Å². The van der Waals surface area contributed by atoms with Gasteiger partial charge in [-0.3, -0.25) is 4.90 Å². The van der Waals surface area contributed by atoms with Crippen molar-refractivity contribution >= 4 is 17.8 Å². The van der Waals surface area contributed by atoms with Crippen LogP contribution < -0.4 is 10.6 Å². The lowest BCUT2D eigenvalue weighted by Crippen LogP contribution is -2.30. The molecule has 3 heteroatoms. The number of nitrogens with zero attached hydrogens (tertiary/aromatic N) is 1. The van der Waals surface area contributed by atoms with Crippen LogP contribution in [-0.2, 0) is 4.57 Å². The molecule has 1 unspecified atom stereocenters. The van der Waals surface area contributed by atoms with E-state index in [-0.39, 0.29) is 6.04 Å². The Labute approximate surface area is 150 Å². The lowest BCUT2D eigenvalue weighted by Gasteiger charge is -2.30. The van der Waals surface area contributed by atoms with Crippen LogP contribution in [0.1, 0.15) is 18.5 Å². The zero-order chi connectivity index (χ0) is 17.7. The highest BCUT2D eigenvalue weighted by atomic mass is 31.2. The molecule has 3 aromatic carbocycles. The van der Waals surface area contributed by atoms with Gasteiger partial charge in [0.25, 0.3) is 0 Å². The van der Waals surface area contributed by atoms with Gasteiger partial charge in [0, 0.05) is 16.7 Å². The van der Waals surface area contributed by atoms with Gasteiger partial charge in [-0.15, -0.1) is 0 Å². The van der Waals surface area contributed by atoms with E-state index in [1.165, 1.54) is 5.56 Å². The molecule has 0 saturated heterocycles. The first-order valence-electron chi connectivity index (χ1n) is 8.57. The van der Waals surface area contributed by atoms with Crippen LogP contribution in [0.5, 0.6) is 0 Å². The molecule has 0 N–H and O–H groups in total. The zero-order valence-electron chi connectivity index (χ0n) is 14.7. The van der Waals surface area contributed by atoms with E-state index in [1.807, 2.05) is 78.9 Å². The molecule has 0 heterocycles. The summed E-state index contributed by atoms with van der Waals surface area (Å²) in [6, 6.07) is 30.3. The third-order valence-electron chi connectivity index (χ3n) is 4.71. The highest BCUT2D eigenvalue weighted by molar-refractivity contribution is 7.78. The van der Waals surface area contributed by atoms with Crippen molar-refractivity contribution in [2.45, 2.75) is 13.0 Å². The van der Waals surface area contributed by atoms with Crippen LogP contribution >= 0.6 is 7.14 Å². The fraction of sp³-hybridized carbons (Fsp3) is 0.182. The molecule has 3 aromatic rings. The van der Waals surface area contributed by atoms with Gasteiger partial charge in [-0.25, -0.2) is 0 Å². The Kier molecular flexibility index (Phi) is 5.53. The largest absolute Gasteiger partial charge is 0.312 e. The van der Waals surface area contributed by atoms with Gasteiger partial charge in [0.1, 0.15) is 0 Å². The Balaban J connectivity index is 1.95. The van der Waals surface area contributed by atoms with Crippen molar-refractivity contribution in [1.82, 2.24) is 4.90 Å². The summed E-state index contributed by atoms with van der Waals surface area (Å²) in [5.74, 6) is 0. The number of benzene rings is 3. The first kappa shape index (κ1) is 17.7. The molecule has 0 aromatic heterocycles. The molecule has 0 radical (unpaired) electrons. The van der Waals surface area contributed by atoms with Gasteiger partial charge in [-0.1, -0.05) is 91.0 Å². The fourth-order valence-electron chi connectivity index (χ4n) is 3.07. The third kappa shape index (κ3) is 3.92. The quantitative estimate of drug-likeness (QED) is 0.604. The second-order valence-corrected chi connectivity index (χ2v) is 9.19. The van der Waals surface area contributed by atoms with Gasteiger partial charge < -0.3 is 4.57 Å². The molecule has 128 valence electrons. The molecule has 0 fully saturated rings. The maximum absolute atomic E-state index is 14.1. The Hall–Kier alpha value is -2.15. The fourth-order valence-corrected chi connectivity index (χ4v) is 5.88. The normalized spacial score (nSPS) is 12.9. The SMILES string of the molecule is CC(c1ccccc1)N(C)CP(=O)(c1ccccc1)c1ccccc1. The van der Waals surface area contributed by atoms with Crippen molar-refractivity contribution in [3.63, 3.8) is 0 Å². The molecule has 3 rings (SSSR count). The summed E-state index contributed by atoms with van der Waals surface area (Å²) >= 11 is 0. The van der Waals surface area contributed by atoms with Crippen LogP contribution in [0.15, 0.2) is 91.0 Å². The van der Waals surface area contributed by atoms with E-state index in [4.69, 9.17) is 0 Å². The lowest BCUT2D eigenvalue weighted by atomic mass is 10.1. The number of hydrogen-bond acceptors (Lipinski definition) is 2. The Bertz CT molecular complexity index is 790. The van der Waals surface area contributed by atoms with Gasteiger partial charge in [0.05, 0.1) is 6.29 Å². The van der Waals surface area contributed by atoms with Crippen LogP contribution in [0.25, 0.3) is 0 Å². The van der Waals surface area contributed by atoms with Crippen LogP contribution in [0.3, 0.4) is 0 Å². The second kappa shape index (κ2) is 7.82. The zero-order valence-corrected chi connectivity index (χ0v) is 15.6. The standard InChI is InChI=1S/C22H24NOP/c1-19(20-12-6-3-7-13-20)23(2)18-25(24,21-14-8-4-9-15-21)22-16-10-5-11-17-22/h3-17,19H,18H2,1-2H3. The van der Waals surface area contributed by atoms with Crippen LogP contribution in [0, 0.1) is 0 Å². The van der Waals surface area contributed by atoms with Crippen molar-refractivity contribution in [2.24, 2.45) is 0 Å². The predicted octanol–water partition coefficient (Wildman–Crippen LogP) is 4.65. The molecule has 0 amide bonds. The Morgan fingerprint density at radius 2 is 1.16 bits per heavy atom. The molecular weight excluding hydrogens is 325 g/mol. The van der Waals surface area contributed by atoms with Gasteiger partial charge in [-0.05, 0) is 19.5 Å². The summed E-state index contributed by atoms with van der Waals surface area (Å²) in [4.78, 5) is 2.19. The Morgan fingerprint density at radius 1 is 0.760 bits per heavy atom. The number of rotatable bonds is 6. The summed E-state index contributed by atoms with van der Waals surface area (Å²) < 4.78 is 14.1. The molecule has 0 aliphatic rings. The lowest BCUT2D eigenvalue weighted by molar-refractivity contribution is 0.302. The first-order valence-corrected chi connectivity index (χ1v) is 10.5. The summed E-state index contributed by atoms with van der Waals surface area (Å²) in [5.41, 5.74) is 1.23. The Morgan fingerprint density at radius 3 is 1.60 bits per heavy atom. The van der Waals surface area contributed by atoms with Crippen molar-refractivity contribution in [3.8, 4) is 0 Å². The molecular formula is C22H24NOP. The van der Waals surface area contributed by atoms with Gasteiger partial charge >= 0.3 is 0 Å². The van der Waals surface area contributed by atoms with E-state index in [9.17, 15) is 4.57 Å². The number of hydrogen-bond donors (Lipinski definition) is 0. The third-order valence-corrected chi connectivity index (χ3v) is 7.82. The van der Waals surface area contributed by atoms with Gasteiger partial charge in [0.15, 0.2) is 7.14 Å². The van der Waals surface area contributed by atoms with Crippen molar-refractivity contribution < 1.29 is 4.57 Å². The smallest absolute Gasteiger partial charge is 0.156 e. The van der Waals surface area contributed by atoms with Crippen molar-refractivity contribution in [1.29, 1.82) is 0 Å². The van der Waals surface area contributed by atoms with E-state index in [0.717, 1.165) is 10.6 Å². The second-order valence-electron chi connectivity index (χ2n) is 6.40. The molecule has 25 heavy (non-hydrogen) atoms. The average Bonchev–Trinajstić information content (AvgIpc) is 2.69. The molecule has 0 spiro atoms. The minimum atomic E-state index is -2.73. The highest BCUT2D eigenvalue weighted by Gasteiger charge is 2.30. The van der Waals surface area contributed by atoms with Crippen LogP contribution in [0.2, 0.25) is 0 Å². The first-order chi connectivity index (χ1) is 12.1. The average molecular weight is 349 g/mol. The van der Waals surface area contributed by atoms with E-state index in [2.05, 4.69) is 31.0 Å². The van der Waals surface area contributed by atoms with Gasteiger partial charge in [-0.2, -0.15) is 0 Å². The van der Waals surface area contributed by atoms with Gasteiger partial charge in [0.2, 0.25) is 0 Å². The molecule has 0 bridgehead atoms. The predicted molar refractivity (Wildman–Crippen MR) is 107 cm³/mol. The van der Waals surface area contributed by atoms with E-state index in [0.29, 0.717) is 6.29 Å². The summed E-state index contributed by atoms with van der Waals surface area (Å²) in [6.07, 6.45) is 0.511. The molecule has 2 nitrogen and oxygen atoms in total. The van der Waals surface area contributed by atoms with E-state index >= 15 is 0 Å². The highest BCUT2D eigenvalue weighted by Crippen LogP contribution is 2.44.